The van der Waals surface area contributed by atoms with Crippen molar-refractivity contribution in [2.45, 2.75) is 45.6 Å². The number of carbonyl (C=O) groups excluding carboxylic acids is 2. The normalized spacial score (nSPS) is 11.3. The standard InChI is InChI=1S/C23H28F2N2O3/c1-23(2,3)18-8-6-17(7-9-18)21(29)27-15-13-20(28)26-14-12-16-4-10-19(11-5-16)30-22(24)25/h4-11,22H,12-15H2,1-3H3,(H,26,28)(H,27,29). The van der Waals surface area contributed by atoms with E-state index in [0.717, 1.165) is 11.1 Å². The molecule has 0 heterocycles. The molecule has 0 fully saturated rings. The van der Waals surface area contributed by atoms with Crippen LogP contribution in [0.4, 0.5) is 8.78 Å². The van der Waals surface area contributed by atoms with E-state index in [1.54, 1.807) is 24.3 Å². The number of halogens is 2. The molecule has 0 atom stereocenters. The molecular formula is C23H28F2N2O3. The monoisotopic (exact) mass is 418 g/mol. The van der Waals surface area contributed by atoms with Crippen LogP contribution in [0.3, 0.4) is 0 Å². The van der Waals surface area contributed by atoms with Crippen LogP contribution in [0.25, 0.3) is 0 Å². The Morgan fingerprint density at radius 3 is 2.13 bits per heavy atom. The molecule has 0 radical (unpaired) electrons. The molecule has 0 aromatic heterocycles. The largest absolute Gasteiger partial charge is 0.435 e. The molecule has 7 heteroatoms. The Hall–Kier alpha value is -2.96. The average Bonchev–Trinajstić information content (AvgIpc) is 2.68. The van der Waals surface area contributed by atoms with Crippen LogP contribution in [0, 0.1) is 0 Å². The molecular weight excluding hydrogens is 390 g/mol. The summed E-state index contributed by atoms with van der Waals surface area (Å²) in [5.74, 6) is -0.285. The fourth-order valence-electron chi connectivity index (χ4n) is 2.79. The number of rotatable bonds is 9. The Morgan fingerprint density at radius 1 is 0.933 bits per heavy atom. The molecule has 2 N–H and O–H groups in total. The highest BCUT2D eigenvalue weighted by Gasteiger charge is 2.14. The minimum Gasteiger partial charge on any atom is -0.435 e. The Kier molecular flexibility index (Phi) is 8.33. The van der Waals surface area contributed by atoms with Gasteiger partial charge in [-0.25, -0.2) is 0 Å². The fraction of sp³-hybridized carbons (Fsp3) is 0.391. The van der Waals surface area contributed by atoms with Gasteiger partial charge < -0.3 is 15.4 Å². The highest BCUT2D eigenvalue weighted by molar-refractivity contribution is 5.94. The van der Waals surface area contributed by atoms with Gasteiger partial charge in [-0.15, -0.1) is 0 Å². The van der Waals surface area contributed by atoms with E-state index in [1.165, 1.54) is 12.1 Å². The molecule has 2 aromatic rings. The number of nitrogens with one attached hydrogen (secondary N) is 2. The third-order valence-corrected chi connectivity index (χ3v) is 4.54. The smallest absolute Gasteiger partial charge is 0.387 e. The van der Waals surface area contributed by atoms with Crippen LogP contribution in [-0.4, -0.2) is 31.5 Å². The molecule has 0 saturated carbocycles. The molecule has 2 amide bonds. The Labute approximate surface area is 175 Å². The van der Waals surface area contributed by atoms with E-state index < -0.39 is 6.61 Å². The molecule has 2 rings (SSSR count). The molecule has 0 spiro atoms. The molecule has 2 aromatic carbocycles. The van der Waals surface area contributed by atoms with Crippen molar-refractivity contribution >= 4 is 11.8 Å². The number of carbonyl (C=O) groups is 2. The Balaban J connectivity index is 1.66. The van der Waals surface area contributed by atoms with Crippen molar-refractivity contribution in [2.24, 2.45) is 0 Å². The first-order valence-electron chi connectivity index (χ1n) is 9.84. The highest BCUT2D eigenvalue weighted by Crippen LogP contribution is 2.22. The summed E-state index contributed by atoms with van der Waals surface area (Å²) in [5.41, 5.74) is 2.62. The summed E-state index contributed by atoms with van der Waals surface area (Å²) >= 11 is 0. The fourth-order valence-corrected chi connectivity index (χ4v) is 2.79. The zero-order valence-corrected chi connectivity index (χ0v) is 17.5. The van der Waals surface area contributed by atoms with E-state index in [9.17, 15) is 18.4 Å². The predicted molar refractivity (Wildman–Crippen MR) is 112 cm³/mol. The predicted octanol–water partition coefficient (Wildman–Crippen LogP) is 4.06. The summed E-state index contributed by atoms with van der Waals surface area (Å²) in [7, 11) is 0. The molecule has 0 aliphatic rings. The number of benzene rings is 2. The number of ether oxygens (including phenoxy) is 1. The molecule has 5 nitrogen and oxygen atoms in total. The van der Waals surface area contributed by atoms with E-state index in [1.807, 2.05) is 12.1 Å². The summed E-state index contributed by atoms with van der Waals surface area (Å²) in [6, 6.07) is 13.7. The third-order valence-electron chi connectivity index (χ3n) is 4.54. The van der Waals surface area contributed by atoms with Gasteiger partial charge in [0.05, 0.1) is 0 Å². The van der Waals surface area contributed by atoms with Crippen molar-refractivity contribution in [3.05, 3.63) is 65.2 Å². The van der Waals surface area contributed by atoms with Gasteiger partial charge in [-0.1, -0.05) is 45.0 Å². The third kappa shape index (κ3) is 7.81. The summed E-state index contributed by atoms with van der Waals surface area (Å²) < 4.78 is 28.5. The van der Waals surface area contributed by atoms with Gasteiger partial charge in [-0.2, -0.15) is 8.78 Å². The van der Waals surface area contributed by atoms with Crippen LogP contribution in [0.2, 0.25) is 0 Å². The molecule has 0 aliphatic heterocycles. The first kappa shape index (κ1) is 23.3. The summed E-state index contributed by atoms with van der Waals surface area (Å²) in [4.78, 5) is 24.1. The van der Waals surface area contributed by atoms with Gasteiger partial charge in [0.1, 0.15) is 5.75 Å². The van der Waals surface area contributed by atoms with Gasteiger partial charge in [-0.05, 0) is 47.2 Å². The van der Waals surface area contributed by atoms with Crippen molar-refractivity contribution in [1.82, 2.24) is 10.6 Å². The van der Waals surface area contributed by atoms with Crippen LogP contribution in [-0.2, 0) is 16.6 Å². The van der Waals surface area contributed by atoms with Crippen molar-refractivity contribution in [2.75, 3.05) is 13.1 Å². The van der Waals surface area contributed by atoms with Crippen molar-refractivity contribution in [3.8, 4) is 5.75 Å². The number of hydrogen-bond acceptors (Lipinski definition) is 3. The summed E-state index contributed by atoms with van der Waals surface area (Å²) in [6.07, 6.45) is 0.736. The maximum absolute atomic E-state index is 12.2. The molecule has 162 valence electrons. The zero-order chi connectivity index (χ0) is 22.1. The minimum atomic E-state index is -2.85. The summed E-state index contributed by atoms with van der Waals surface area (Å²) in [6.45, 7) is 4.13. The lowest BCUT2D eigenvalue weighted by Gasteiger charge is -2.19. The number of amides is 2. The van der Waals surface area contributed by atoms with Gasteiger partial charge in [-0.3, -0.25) is 9.59 Å². The van der Waals surface area contributed by atoms with Crippen molar-refractivity contribution in [1.29, 1.82) is 0 Å². The maximum Gasteiger partial charge on any atom is 0.387 e. The molecule has 0 saturated heterocycles. The van der Waals surface area contributed by atoms with Gasteiger partial charge in [0.25, 0.3) is 5.91 Å². The first-order chi connectivity index (χ1) is 14.1. The Bertz CT molecular complexity index is 829. The highest BCUT2D eigenvalue weighted by atomic mass is 19.3. The van der Waals surface area contributed by atoms with Crippen molar-refractivity contribution in [3.63, 3.8) is 0 Å². The van der Waals surface area contributed by atoms with E-state index in [2.05, 4.69) is 36.1 Å². The van der Waals surface area contributed by atoms with E-state index in [0.29, 0.717) is 18.5 Å². The van der Waals surface area contributed by atoms with Gasteiger partial charge in [0.2, 0.25) is 5.91 Å². The minimum absolute atomic E-state index is 0.0226. The van der Waals surface area contributed by atoms with Gasteiger partial charge >= 0.3 is 6.61 Å². The van der Waals surface area contributed by atoms with Gasteiger partial charge in [0.15, 0.2) is 0 Å². The van der Waals surface area contributed by atoms with E-state index in [4.69, 9.17) is 0 Å². The molecule has 30 heavy (non-hydrogen) atoms. The van der Waals surface area contributed by atoms with Crippen LogP contribution in [0.15, 0.2) is 48.5 Å². The lowest BCUT2D eigenvalue weighted by atomic mass is 9.87. The van der Waals surface area contributed by atoms with E-state index >= 15 is 0 Å². The second-order valence-corrected chi connectivity index (χ2v) is 7.96. The first-order valence-corrected chi connectivity index (χ1v) is 9.84. The maximum atomic E-state index is 12.2. The lowest BCUT2D eigenvalue weighted by Crippen LogP contribution is -2.31. The quantitative estimate of drug-likeness (QED) is 0.645. The van der Waals surface area contributed by atoms with Crippen LogP contribution >= 0.6 is 0 Å². The van der Waals surface area contributed by atoms with Crippen LogP contribution < -0.4 is 15.4 Å². The number of hydrogen-bond donors (Lipinski definition) is 2. The summed E-state index contributed by atoms with van der Waals surface area (Å²) in [5, 5.41) is 5.52. The Morgan fingerprint density at radius 2 is 1.57 bits per heavy atom. The second kappa shape index (κ2) is 10.7. The van der Waals surface area contributed by atoms with E-state index in [-0.39, 0.29) is 35.9 Å². The molecule has 0 unspecified atom stereocenters. The number of alkyl halides is 2. The second-order valence-electron chi connectivity index (χ2n) is 7.96. The average molecular weight is 418 g/mol. The van der Waals surface area contributed by atoms with Crippen LogP contribution in [0.5, 0.6) is 5.75 Å². The van der Waals surface area contributed by atoms with Crippen LogP contribution in [0.1, 0.15) is 48.7 Å². The zero-order valence-electron chi connectivity index (χ0n) is 17.5. The molecule has 0 bridgehead atoms. The topological polar surface area (TPSA) is 67.4 Å². The SMILES string of the molecule is CC(C)(C)c1ccc(C(=O)NCCC(=O)NCCc2ccc(OC(F)F)cc2)cc1. The van der Waals surface area contributed by atoms with Gasteiger partial charge in [0, 0.05) is 25.1 Å². The lowest BCUT2D eigenvalue weighted by molar-refractivity contribution is -0.120. The van der Waals surface area contributed by atoms with Crippen molar-refractivity contribution < 1.29 is 23.1 Å². The molecule has 0 aliphatic carbocycles.